The Bertz CT molecular complexity index is 579. The first-order valence-electron chi connectivity index (χ1n) is 6.91. The molecule has 1 aliphatic carbocycles. The van der Waals surface area contributed by atoms with Crippen molar-refractivity contribution in [1.82, 2.24) is 14.7 Å². The highest BCUT2D eigenvalue weighted by Gasteiger charge is 2.23. The van der Waals surface area contributed by atoms with Gasteiger partial charge in [0.1, 0.15) is 10.7 Å². The van der Waals surface area contributed by atoms with E-state index in [1.54, 1.807) is 0 Å². The van der Waals surface area contributed by atoms with E-state index in [2.05, 4.69) is 48.8 Å². The monoisotopic (exact) mass is 275 g/mol. The quantitative estimate of drug-likeness (QED) is 0.866. The predicted octanol–water partition coefficient (Wildman–Crippen LogP) is 3.48. The molecule has 3 nitrogen and oxygen atoms in total. The van der Waals surface area contributed by atoms with E-state index in [-0.39, 0.29) is 4.75 Å². The van der Waals surface area contributed by atoms with Gasteiger partial charge in [-0.05, 0) is 25.0 Å². The number of thioether (sulfide) groups is 1. The average molecular weight is 275 g/mol. The lowest BCUT2D eigenvalue weighted by atomic mass is 10.3. The van der Waals surface area contributed by atoms with Crippen molar-refractivity contribution >= 4 is 17.4 Å². The first kappa shape index (κ1) is 13.0. The third kappa shape index (κ3) is 3.12. The molecule has 0 aliphatic heterocycles. The first-order chi connectivity index (χ1) is 9.03. The van der Waals surface area contributed by atoms with Crippen molar-refractivity contribution in [2.75, 3.05) is 0 Å². The molecule has 1 N–H and O–H groups in total. The van der Waals surface area contributed by atoms with Crippen molar-refractivity contribution in [2.24, 2.45) is 0 Å². The van der Waals surface area contributed by atoms with E-state index in [0.717, 1.165) is 23.3 Å². The van der Waals surface area contributed by atoms with Gasteiger partial charge in [-0.1, -0.05) is 38.6 Å². The van der Waals surface area contributed by atoms with E-state index < -0.39 is 0 Å². The van der Waals surface area contributed by atoms with Crippen molar-refractivity contribution in [3.8, 4) is 0 Å². The second-order valence-electron chi connectivity index (χ2n) is 6.16. The third-order valence-corrected chi connectivity index (χ3v) is 4.26. The SMILES string of the molecule is CC(C)(C)Sc1nc2ccccn2c1CNC1CC1. The van der Waals surface area contributed by atoms with Gasteiger partial charge < -0.3 is 9.72 Å². The van der Waals surface area contributed by atoms with Gasteiger partial charge in [-0.15, -0.1) is 0 Å². The van der Waals surface area contributed by atoms with Gasteiger partial charge >= 0.3 is 0 Å². The number of fused-ring (bicyclic) bond motifs is 1. The average Bonchev–Trinajstić information content (AvgIpc) is 3.08. The van der Waals surface area contributed by atoms with E-state index in [1.165, 1.54) is 18.5 Å². The predicted molar refractivity (Wildman–Crippen MR) is 80.7 cm³/mol. The van der Waals surface area contributed by atoms with Crippen LogP contribution in [0.4, 0.5) is 0 Å². The highest BCUT2D eigenvalue weighted by molar-refractivity contribution is 8.00. The van der Waals surface area contributed by atoms with Crippen LogP contribution in [0.5, 0.6) is 0 Å². The van der Waals surface area contributed by atoms with Crippen molar-refractivity contribution in [3.63, 3.8) is 0 Å². The molecule has 0 unspecified atom stereocenters. The molecule has 0 spiro atoms. The molecule has 2 heterocycles. The molecule has 0 atom stereocenters. The molecule has 4 heteroatoms. The number of hydrogen-bond acceptors (Lipinski definition) is 3. The van der Waals surface area contributed by atoms with Crippen LogP contribution in [0.3, 0.4) is 0 Å². The summed E-state index contributed by atoms with van der Waals surface area (Å²) in [6, 6.07) is 6.92. The molecule has 0 saturated heterocycles. The summed E-state index contributed by atoms with van der Waals surface area (Å²) >= 11 is 1.85. The Kier molecular flexibility index (Phi) is 3.31. The molecule has 0 bridgehead atoms. The summed E-state index contributed by atoms with van der Waals surface area (Å²) < 4.78 is 2.40. The van der Waals surface area contributed by atoms with E-state index in [0.29, 0.717) is 0 Å². The molecule has 0 aromatic carbocycles. The fourth-order valence-electron chi connectivity index (χ4n) is 2.09. The van der Waals surface area contributed by atoms with Crippen molar-refractivity contribution in [2.45, 2.75) is 56.0 Å². The molecule has 1 fully saturated rings. The van der Waals surface area contributed by atoms with Crippen molar-refractivity contribution < 1.29 is 0 Å². The lowest BCUT2D eigenvalue weighted by molar-refractivity contribution is 0.659. The minimum absolute atomic E-state index is 0.187. The first-order valence-corrected chi connectivity index (χ1v) is 7.73. The largest absolute Gasteiger partial charge is 0.308 e. The molecule has 3 rings (SSSR count). The number of pyridine rings is 1. The third-order valence-electron chi connectivity index (χ3n) is 3.13. The zero-order valence-corrected chi connectivity index (χ0v) is 12.6. The Morgan fingerprint density at radius 1 is 1.37 bits per heavy atom. The van der Waals surface area contributed by atoms with Crippen LogP contribution in [-0.4, -0.2) is 20.2 Å². The summed E-state index contributed by atoms with van der Waals surface area (Å²) in [5.74, 6) is 0. The van der Waals surface area contributed by atoms with E-state index in [4.69, 9.17) is 4.98 Å². The van der Waals surface area contributed by atoms with Crippen molar-refractivity contribution in [3.05, 3.63) is 30.1 Å². The van der Waals surface area contributed by atoms with Crippen LogP contribution in [0.2, 0.25) is 0 Å². The van der Waals surface area contributed by atoms with Gasteiger partial charge in [0.15, 0.2) is 0 Å². The van der Waals surface area contributed by atoms with Gasteiger partial charge in [0.05, 0.1) is 5.69 Å². The number of hydrogen-bond donors (Lipinski definition) is 1. The highest BCUT2D eigenvalue weighted by atomic mass is 32.2. The summed E-state index contributed by atoms with van der Waals surface area (Å²) in [7, 11) is 0. The molecule has 2 aromatic rings. The van der Waals surface area contributed by atoms with Crippen LogP contribution in [0.1, 0.15) is 39.3 Å². The van der Waals surface area contributed by atoms with Crippen LogP contribution in [0.25, 0.3) is 5.65 Å². The minimum atomic E-state index is 0.187. The molecule has 1 aliphatic rings. The number of rotatable bonds is 4. The van der Waals surface area contributed by atoms with Crippen LogP contribution >= 0.6 is 11.8 Å². The van der Waals surface area contributed by atoms with E-state index >= 15 is 0 Å². The zero-order chi connectivity index (χ0) is 13.5. The smallest absolute Gasteiger partial charge is 0.138 e. The van der Waals surface area contributed by atoms with Gasteiger partial charge in [0.2, 0.25) is 0 Å². The number of nitrogens with one attached hydrogen (secondary N) is 1. The zero-order valence-electron chi connectivity index (χ0n) is 11.8. The van der Waals surface area contributed by atoms with E-state index in [1.807, 2.05) is 17.8 Å². The maximum Gasteiger partial charge on any atom is 0.138 e. The van der Waals surface area contributed by atoms with Gasteiger partial charge in [-0.25, -0.2) is 4.98 Å². The molecule has 19 heavy (non-hydrogen) atoms. The summed E-state index contributed by atoms with van der Waals surface area (Å²) in [4.78, 5) is 4.78. The highest BCUT2D eigenvalue weighted by Crippen LogP contribution is 2.34. The van der Waals surface area contributed by atoms with Gasteiger partial charge in [0, 0.05) is 23.5 Å². The normalized spacial score (nSPS) is 16.2. The Hall–Kier alpha value is -1.00. The molecule has 1 saturated carbocycles. The van der Waals surface area contributed by atoms with E-state index in [9.17, 15) is 0 Å². The lowest BCUT2D eigenvalue weighted by Crippen LogP contribution is -2.17. The number of nitrogens with zero attached hydrogens (tertiary/aromatic N) is 2. The van der Waals surface area contributed by atoms with Crippen LogP contribution in [0, 0.1) is 0 Å². The Balaban J connectivity index is 1.95. The number of imidazole rings is 1. The molecule has 102 valence electrons. The minimum Gasteiger partial charge on any atom is -0.308 e. The summed E-state index contributed by atoms with van der Waals surface area (Å²) in [6.45, 7) is 7.62. The maximum absolute atomic E-state index is 4.78. The van der Waals surface area contributed by atoms with Crippen LogP contribution < -0.4 is 5.32 Å². The lowest BCUT2D eigenvalue weighted by Gasteiger charge is -2.17. The summed E-state index contributed by atoms with van der Waals surface area (Å²) in [6.07, 6.45) is 4.75. The second-order valence-corrected chi connectivity index (χ2v) is 7.98. The second kappa shape index (κ2) is 4.84. The Labute approximate surface area is 118 Å². The standard InChI is InChI=1S/C15H21N3S/c1-15(2,3)19-14-12(10-16-11-7-8-11)18-9-5-4-6-13(18)17-14/h4-6,9,11,16H,7-8,10H2,1-3H3. The van der Waals surface area contributed by atoms with Crippen LogP contribution in [-0.2, 0) is 6.54 Å². The molecule has 2 aromatic heterocycles. The molecule has 0 amide bonds. The van der Waals surface area contributed by atoms with Crippen LogP contribution in [0.15, 0.2) is 29.4 Å². The number of aromatic nitrogens is 2. The van der Waals surface area contributed by atoms with Gasteiger partial charge in [-0.2, -0.15) is 0 Å². The van der Waals surface area contributed by atoms with Crippen molar-refractivity contribution in [1.29, 1.82) is 0 Å². The Morgan fingerprint density at radius 2 is 2.16 bits per heavy atom. The Morgan fingerprint density at radius 3 is 2.84 bits per heavy atom. The van der Waals surface area contributed by atoms with Gasteiger partial charge in [0.25, 0.3) is 0 Å². The molecular weight excluding hydrogens is 254 g/mol. The molecule has 0 radical (unpaired) electrons. The molecular formula is C15H21N3S. The fourth-order valence-corrected chi connectivity index (χ4v) is 3.09. The maximum atomic E-state index is 4.78. The fraction of sp³-hybridized carbons (Fsp3) is 0.533. The summed E-state index contributed by atoms with van der Waals surface area (Å²) in [5.41, 5.74) is 2.34. The summed E-state index contributed by atoms with van der Waals surface area (Å²) in [5, 5.41) is 4.76. The van der Waals surface area contributed by atoms with Gasteiger partial charge in [-0.3, -0.25) is 0 Å². The topological polar surface area (TPSA) is 29.3 Å².